The third kappa shape index (κ3) is 3.80. The van der Waals surface area contributed by atoms with Crippen LogP contribution >= 0.6 is 0 Å². The van der Waals surface area contributed by atoms with Crippen LogP contribution in [0.25, 0.3) is 11.1 Å². The SMILES string of the molecule is CN1CCN(NC(=O)CCCn2c(=O)oc3ccccc32)CC1. The number of carbonyl (C=O) groups is 1. The molecule has 7 nitrogen and oxygen atoms in total. The maximum atomic E-state index is 12.0. The third-order valence-corrected chi connectivity index (χ3v) is 4.15. The lowest BCUT2D eigenvalue weighted by atomic mass is 10.3. The monoisotopic (exact) mass is 318 g/mol. The molecule has 1 aromatic carbocycles. The second-order valence-corrected chi connectivity index (χ2v) is 5.92. The standard InChI is InChI=1S/C16H22N4O3/c1-18-9-11-19(12-10-18)17-15(21)7-4-8-20-13-5-2-3-6-14(13)23-16(20)22/h2-3,5-6H,4,7-12H2,1H3,(H,17,21). The minimum Gasteiger partial charge on any atom is -0.408 e. The van der Waals surface area contributed by atoms with E-state index in [-0.39, 0.29) is 11.7 Å². The minimum atomic E-state index is -0.370. The molecule has 1 aliphatic rings. The molecule has 0 unspecified atom stereocenters. The number of hydrogen-bond acceptors (Lipinski definition) is 5. The highest BCUT2D eigenvalue weighted by atomic mass is 16.4. The summed E-state index contributed by atoms with van der Waals surface area (Å²) in [5.74, 6) is -0.374. The number of aromatic nitrogens is 1. The summed E-state index contributed by atoms with van der Waals surface area (Å²) in [6.45, 7) is 4.07. The summed E-state index contributed by atoms with van der Waals surface area (Å²) < 4.78 is 6.76. The van der Waals surface area contributed by atoms with E-state index in [1.54, 1.807) is 10.6 Å². The molecule has 2 heterocycles. The average Bonchev–Trinajstić information content (AvgIpc) is 2.86. The van der Waals surface area contributed by atoms with Crippen molar-refractivity contribution in [2.24, 2.45) is 0 Å². The van der Waals surface area contributed by atoms with E-state index in [4.69, 9.17) is 4.42 Å². The van der Waals surface area contributed by atoms with Crippen LogP contribution in [0.5, 0.6) is 0 Å². The van der Waals surface area contributed by atoms with Gasteiger partial charge in [-0.25, -0.2) is 9.80 Å². The Morgan fingerprint density at radius 1 is 1.22 bits per heavy atom. The molecule has 0 radical (unpaired) electrons. The first-order chi connectivity index (χ1) is 11.1. The molecule has 1 aromatic heterocycles. The molecule has 0 bridgehead atoms. The molecular weight excluding hydrogens is 296 g/mol. The Morgan fingerprint density at radius 3 is 2.74 bits per heavy atom. The highest BCUT2D eigenvalue weighted by molar-refractivity contribution is 5.75. The van der Waals surface area contributed by atoms with E-state index in [0.29, 0.717) is 25.0 Å². The number of carbonyl (C=O) groups excluding carboxylic acids is 1. The van der Waals surface area contributed by atoms with Crippen LogP contribution in [0.15, 0.2) is 33.5 Å². The number of fused-ring (bicyclic) bond motifs is 1. The van der Waals surface area contributed by atoms with E-state index in [1.165, 1.54) is 0 Å². The van der Waals surface area contributed by atoms with Gasteiger partial charge in [0.05, 0.1) is 5.52 Å². The topological polar surface area (TPSA) is 70.7 Å². The van der Waals surface area contributed by atoms with E-state index in [0.717, 1.165) is 31.7 Å². The number of hydrazine groups is 1. The van der Waals surface area contributed by atoms with Crippen molar-refractivity contribution < 1.29 is 9.21 Å². The summed E-state index contributed by atoms with van der Waals surface area (Å²) in [4.78, 5) is 26.1. The predicted molar refractivity (Wildman–Crippen MR) is 86.9 cm³/mol. The van der Waals surface area contributed by atoms with E-state index < -0.39 is 0 Å². The van der Waals surface area contributed by atoms with Crippen molar-refractivity contribution in [2.45, 2.75) is 19.4 Å². The fraction of sp³-hybridized carbons (Fsp3) is 0.500. The van der Waals surface area contributed by atoms with Gasteiger partial charge in [-0.05, 0) is 25.6 Å². The smallest absolute Gasteiger partial charge is 0.408 e. The lowest BCUT2D eigenvalue weighted by Gasteiger charge is -2.32. The maximum Gasteiger partial charge on any atom is 0.419 e. The molecule has 0 atom stereocenters. The van der Waals surface area contributed by atoms with Crippen LogP contribution in [0.3, 0.4) is 0 Å². The van der Waals surface area contributed by atoms with Crippen molar-refractivity contribution >= 4 is 17.0 Å². The van der Waals surface area contributed by atoms with E-state index in [1.807, 2.05) is 23.2 Å². The second kappa shape index (κ2) is 6.97. The first kappa shape index (κ1) is 15.8. The molecule has 1 N–H and O–H groups in total. The van der Waals surface area contributed by atoms with Crippen molar-refractivity contribution in [2.75, 3.05) is 33.2 Å². The number of likely N-dealkylation sites (N-methyl/N-ethyl adjacent to an activating group) is 1. The highest BCUT2D eigenvalue weighted by Crippen LogP contribution is 2.12. The van der Waals surface area contributed by atoms with Gasteiger partial charge in [0, 0.05) is 39.1 Å². The number of benzene rings is 1. The van der Waals surface area contributed by atoms with Gasteiger partial charge in [0.25, 0.3) is 0 Å². The van der Waals surface area contributed by atoms with Gasteiger partial charge >= 0.3 is 5.76 Å². The molecule has 1 saturated heterocycles. The summed E-state index contributed by atoms with van der Waals surface area (Å²) >= 11 is 0. The summed E-state index contributed by atoms with van der Waals surface area (Å²) in [5.41, 5.74) is 4.29. The van der Waals surface area contributed by atoms with Gasteiger partial charge in [-0.1, -0.05) is 12.1 Å². The second-order valence-electron chi connectivity index (χ2n) is 5.92. The van der Waals surface area contributed by atoms with Crippen molar-refractivity contribution in [3.8, 4) is 0 Å². The number of para-hydroxylation sites is 2. The molecule has 7 heteroatoms. The molecule has 1 amide bonds. The lowest BCUT2D eigenvalue weighted by Crippen LogP contribution is -2.52. The minimum absolute atomic E-state index is 0.00426. The van der Waals surface area contributed by atoms with Crippen LogP contribution in [0.4, 0.5) is 0 Å². The summed E-state index contributed by atoms with van der Waals surface area (Å²) in [6.07, 6.45) is 0.987. The number of rotatable bonds is 5. The lowest BCUT2D eigenvalue weighted by molar-refractivity contribution is -0.126. The van der Waals surface area contributed by atoms with Crippen molar-refractivity contribution in [3.05, 3.63) is 34.8 Å². The maximum absolute atomic E-state index is 12.0. The summed E-state index contributed by atoms with van der Waals surface area (Å²) in [6, 6.07) is 7.32. The quantitative estimate of drug-likeness (QED) is 0.877. The van der Waals surface area contributed by atoms with Crippen LogP contribution in [0.1, 0.15) is 12.8 Å². The molecule has 0 spiro atoms. The number of nitrogens with zero attached hydrogens (tertiary/aromatic N) is 3. The third-order valence-electron chi connectivity index (χ3n) is 4.15. The molecule has 124 valence electrons. The average molecular weight is 318 g/mol. The number of nitrogens with one attached hydrogen (secondary N) is 1. The summed E-state index contributed by atoms with van der Waals surface area (Å²) in [5, 5.41) is 1.96. The Bertz CT molecular complexity index is 728. The van der Waals surface area contributed by atoms with Gasteiger partial charge in [0.15, 0.2) is 5.58 Å². The van der Waals surface area contributed by atoms with Gasteiger partial charge in [-0.15, -0.1) is 0 Å². The molecule has 23 heavy (non-hydrogen) atoms. The number of amides is 1. The molecule has 0 aliphatic carbocycles. The predicted octanol–water partition coefficient (Wildman–Crippen LogP) is 0.653. The number of piperazine rings is 1. The highest BCUT2D eigenvalue weighted by Gasteiger charge is 2.15. The van der Waals surface area contributed by atoms with E-state index >= 15 is 0 Å². The molecule has 2 aromatic rings. The molecule has 1 fully saturated rings. The zero-order valence-corrected chi connectivity index (χ0v) is 13.3. The Kier molecular flexibility index (Phi) is 4.78. The normalized spacial score (nSPS) is 16.7. The van der Waals surface area contributed by atoms with Crippen molar-refractivity contribution in [1.82, 2.24) is 19.9 Å². The van der Waals surface area contributed by atoms with Crippen LogP contribution in [0, 0.1) is 0 Å². The Hall–Kier alpha value is -2.12. The Morgan fingerprint density at radius 2 is 1.96 bits per heavy atom. The largest absolute Gasteiger partial charge is 0.419 e. The zero-order valence-electron chi connectivity index (χ0n) is 13.3. The molecular formula is C16H22N4O3. The van der Waals surface area contributed by atoms with Gasteiger partial charge < -0.3 is 9.32 Å². The van der Waals surface area contributed by atoms with Crippen molar-refractivity contribution in [3.63, 3.8) is 0 Å². The van der Waals surface area contributed by atoms with Crippen LogP contribution in [0.2, 0.25) is 0 Å². The first-order valence-electron chi connectivity index (χ1n) is 7.95. The molecule has 3 rings (SSSR count). The Labute approximate surface area is 134 Å². The van der Waals surface area contributed by atoms with Crippen LogP contribution < -0.4 is 11.2 Å². The Balaban J connectivity index is 1.50. The van der Waals surface area contributed by atoms with Gasteiger partial charge in [-0.3, -0.25) is 14.8 Å². The summed E-state index contributed by atoms with van der Waals surface area (Å²) in [7, 11) is 2.08. The number of hydrogen-bond donors (Lipinski definition) is 1. The van der Waals surface area contributed by atoms with E-state index in [2.05, 4.69) is 17.4 Å². The number of oxazole rings is 1. The molecule has 0 saturated carbocycles. The van der Waals surface area contributed by atoms with Gasteiger partial charge in [0.2, 0.25) is 5.91 Å². The van der Waals surface area contributed by atoms with Crippen LogP contribution in [-0.4, -0.2) is 53.6 Å². The van der Waals surface area contributed by atoms with Crippen LogP contribution in [-0.2, 0) is 11.3 Å². The zero-order chi connectivity index (χ0) is 16.2. The van der Waals surface area contributed by atoms with Gasteiger partial charge in [-0.2, -0.15) is 0 Å². The molecule has 1 aliphatic heterocycles. The van der Waals surface area contributed by atoms with Crippen molar-refractivity contribution in [1.29, 1.82) is 0 Å². The first-order valence-corrected chi connectivity index (χ1v) is 7.95. The van der Waals surface area contributed by atoms with E-state index in [9.17, 15) is 9.59 Å². The van der Waals surface area contributed by atoms with Gasteiger partial charge in [0.1, 0.15) is 0 Å². The number of aryl methyl sites for hydroxylation is 1. The fourth-order valence-corrected chi connectivity index (χ4v) is 2.77. The fourth-order valence-electron chi connectivity index (χ4n) is 2.77.